The maximum absolute atomic E-state index is 11.5. The minimum Gasteiger partial charge on any atom is -0.381 e. The van der Waals surface area contributed by atoms with Gasteiger partial charge in [-0.3, -0.25) is 14.9 Å². The molecular weight excluding hydrogens is 310 g/mol. The SMILES string of the molecule is COCC(=O)Nc1cccc(NCc2cccc([N+](=O)[O-])c2C)c1. The quantitative estimate of drug-likeness (QED) is 0.601. The molecule has 7 heteroatoms. The van der Waals surface area contributed by atoms with Gasteiger partial charge in [0.05, 0.1) is 4.92 Å². The number of carbonyl (C=O) groups is 1. The third-order valence-corrected chi connectivity index (χ3v) is 3.52. The van der Waals surface area contributed by atoms with Crippen LogP contribution in [-0.2, 0) is 16.1 Å². The van der Waals surface area contributed by atoms with Crippen LogP contribution in [-0.4, -0.2) is 24.5 Å². The van der Waals surface area contributed by atoms with E-state index < -0.39 is 0 Å². The smallest absolute Gasteiger partial charge is 0.272 e. The summed E-state index contributed by atoms with van der Waals surface area (Å²) in [5.41, 5.74) is 3.04. The van der Waals surface area contributed by atoms with E-state index in [2.05, 4.69) is 10.6 Å². The molecule has 0 heterocycles. The van der Waals surface area contributed by atoms with Gasteiger partial charge in [0.15, 0.2) is 0 Å². The normalized spacial score (nSPS) is 10.2. The molecule has 2 aromatic carbocycles. The van der Waals surface area contributed by atoms with Crippen LogP contribution in [0.1, 0.15) is 11.1 Å². The van der Waals surface area contributed by atoms with Gasteiger partial charge in [-0.2, -0.15) is 0 Å². The number of benzene rings is 2. The van der Waals surface area contributed by atoms with Crippen molar-refractivity contribution in [2.75, 3.05) is 24.4 Å². The van der Waals surface area contributed by atoms with Crippen molar-refractivity contribution in [3.05, 3.63) is 63.7 Å². The van der Waals surface area contributed by atoms with Crippen molar-refractivity contribution in [1.29, 1.82) is 0 Å². The monoisotopic (exact) mass is 329 g/mol. The number of rotatable bonds is 7. The van der Waals surface area contributed by atoms with Crippen molar-refractivity contribution in [1.82, 2.24) is 0 Å². The first-order valence-electron chi connectivity index (χ1n) is 7.37. The van der Waals surface area contributed by atoms with E-state index in [0.717, 1.165) is 11.3 Å². The maximum Gasteiger partial charge on any atom is 0.272 e. The minimum atomic E-state index is -0.384. The van der Waals surface area contributed by atoms with E-state index in [4.69, 9.17) is 4.74 Å². The average molecular weight is 329 g/mol. The highest BCUT2D eigenvalue weighted by molar-refractivity contribution is 5.92. The van der Waals surface area contributed by atoms with Crippen LogP contribution >= 0.6 is 0 Å². The molecule has 24 heavy (non-hydrogen) atoms. The molecule has 0 unspecified atom stereocenters. The van der Waals surface area contributed by atoms with Crippen LogP contribution in [0.4, 0.5) is 17.1 Å². The Kier molecular flexibility index (Phi) is 5.86. The van der Waals surface area contributed by atoms with Crippen molar-refractivity contribution in [2.45, 2.75) is 13.5 Å². The number of carbonyl (C=O) groups excluding carboxylic acids is 1. The Labute approximate surface area is 139 Å². The molecule has 0 fully saturated rings. The highest BCUT2D eigenvalue weighted by atomic mass is 16.6. The molecular formula is C17H19N3O4. The van der Waals surface area contributed by atoms with Gasteiger partial charge in [0.2, 0.25) is 5.91 Å². The highest BCUT2D eigenvalue weighted by Gasteiger charge is 2.12. The maximum atomic E-state index is 11.5. The van der Waals surface area contributed by atoms with E-state index in [9.17, 15) is 14.9 Å². The summed E-state index contributed by atoms with van der Waals surface area (Å²) in [7, 11) is 1.46. The van der Waals surface area contributed by atoms with Crippen molar-refractivity contribution < 1.29 is 14.5 Å². The van der Waals surface area contributed by atoms with E-state index in [1.54, 1.807) is 25.1 Å². The number of hydrogen-bond donors (Lipinski definition) is 2. The molecule has 1 amide bonds. The van der Waals surface area contributed by atoms with Crippen molar-refractivity contribution in [3.63, 3.8) is 0 Å². The summed E-state index contributed by atoms with van der Waals surface area (Å²) in [4.78, 5) is 22.1. The Morgan fingerprint density at radius 1 is 1.21 bits per heavy atom. The van der Waals surface area contributed by atoms with Gasteiger partial charge >= 0.3 is 0 Å². The number of nitro benzene ring substituents is 1. The second kappa shape index (κ2) is 8.07. The number of amides is 1. The van der Waals surface area contributed by atoms with Gasteiger partial charge in [-0.05, 0) is 30.7 Å². The van der Waals surface area contributed by atoms with Crippen molar-refractivity contribution in [3.8, 4) is 0 Å². The largest absolute Gasteiger partial charge is 0.381 e. The molecule has 2 N–H and O–H groups in total. The summed E-state index contributed by atoms with van der Waals surface area (Å²) in [6.07, 6.45) is 0. The molecule has 0 atom stereocenters. The standard InChI is InChI=1S/C17H19N3O4/c1-12-13(5-3-8-16(12)20(22)23)10-18-14-6-4-7-15(9-14)19-17(21)11-24-2/h3-9,18H,10-11H2,1-2H3,(H,19,21). The van der Waals surface area contributed by atoms with Crippen LogP contribution in [0.3, 0.4) is 0 Å². The van der Waals surface area contributed by atoms with E-state index in [1.807, 2.05) is 18.2 Å². The number of methoxy groups -OCH3 is 1. The van der Waals surface area contributed by atoms with E-state index in [-0.39, 0.29) is 23.1 Å². The first-order chi connectivity index (χ1) is 11.5. The second-order valence-corrected chi connectivity index (χ2v) is 5.23. The second-order valence-electron chi connectivity index (χ2n) is 5.23. The van der Waals surface area contributed by atoms with E-state index in [1.165, 1.54) is 13.2 Å². The molecule has 0 bridgehead atoms. The zero-order valence-corrected chi connectivity index (χ0v) is 13.5. The number of ether oxygens (including phenoxy) is 1. The van der Waals surface area contributed by atoms with E-state index >= 15 is 0 Å². The lowest BCUT2D eigenvalue weighted by Crippen LogP contribution is -2.17. The molecule has 0 saturated heterocycles. The highest BCUT2D eigenvalue weighted by Crippen LogP contribution is 2.22. The van der Waals surface area contributed by atoms with Gasteiger partial charge < -0.3 is 15.4 Å². The van der Waals surface area contributed by atoms with Gasteiger partial charge in [-0.1, -0.05) is 18.2 Å². The van der Waals surface area contributed by atoms with Gasteiger partial charge in [0, 0.05) is 36.7 Å². The molecule has 2 aromatic rings. The zero-order chi connectivity index (χ0) is 17.5. The van der Waals surface area contributed by atoms with Crippen LogP contribution in [0.15, 0.2) is 42.5 Å². The predicted octanol–water partition coefficient (Wildman–Crippen LogP) is 3.10. The van der Waals surface area contributed by atoms with Crippen LogP contribution in [0, 0.1) is 17.0 Å². The molecule has 0 saturated carbocycles. The van der Waals surface area contributed by atoms with Gasteiger partial charge in [-0.25, -0.2) is 0 Å². The van der Waals surface area contributed by atoms with Gasteiger partial charge in [0.25, 0.3) is 5.69 Å². The predicted molar refractivity (Wildman–Crippen MR) is 92.1 cm³/mol. The summed E-state index contributed by atoms with van der Waals surface area (Å²) >= 11 is 0. The van der Waals surface area contributed by atoms with Crippen molar-refractivity contribution in [2.24, 2.45) is 0 Å². The average Bonchev–Trinajstić information content (AvgIpc) is 2.54. The number of hydrogen-bond acceptors (Lipinski definition) is 5. The molecule has 0 aliphatic rings. The minimum absolute atomic E-state index is 0.00939. The number of nitrogens with one attached hydrogen (secondary N) is 2. The van der Waals surface area contributed by atoms with Crippen molar-refractivity contribution >= 4 is 23.0 Å². The number of anilines is 2. The fourth-order valence-corrected chi connectivity index (χ4v) is 2.29. The first kappa shape index (κ1) is 17.4. The zero-order valence-electron chi connectivity index (χ0n) is 13.5. The molecule has 2 rings (SSSR count). The van der Waals surface area contributed by atoms with E-state index in [0.29, 0.717) is 17.8 Å². The van der Waals surface area contributed by atoms with Crippen LogP contribution in [0.5, 0.6) is 0 Å². The molecule has 0 aliphatic heterocycles. The first-order valence-corrected chi connectivity index (χ1v) is 7.37. The number of nitrogens with zero attached hydrogens (tertiary/aromatic N) is 1. The molecule has 0 aliphatic carbocycles. The summed E-state index contributed by atoms with van der Waals surface area (Å²) in [6.45, 7) is 2.17. The topological polar surface area (TPSA) is 93.5 Å². The fourth-order valence-electron chi connectivity index (χ4n) is 2.29. The van der Waals surface area contributed by atoms with Crippen LogP contribution in [0.2, 0.25) is 0 Å². The fraction of sp³-hybridized carbons (Fsp3) is 0.235. The Hall–Kier alpha value is -2.93. The lowest BCUT2D eigenvalue weighted by Gasteiger charge is -2.11. The lowest BCUT2D eigenvalue weighted by atomic mass is 10.1. The molecule has 0 spiro atoms. The Balaban J connectivity index is 2.06. The van der Waals surface area contributed by atoms with Gasteiger partial charge in [0.1, 0.15) is 6.61 Å². The molecule has 0 radical (unpaired) electrons. The summed E-state index contributed by atoms with van der Waals surface area (Å²) < 4.78 is 4.77. The third-order valence-electron chi connectivity index (χ3n) is 3.52. The Morgan fingerprint density at radius 3 is 2.62 bits per heavy atom. The summed E-state index contributed by atoms with van der Waals surface area (Å²) in [6, 6.07) is 12.2. The summed E-state index contributed by atoms with van der Waals surface area (Å²) in [5.74, 6) is -0.232. The van der Waals surface area contributed by atoms with Gasteiger partial charge in [-0.15, -0.1) is 0 Å². The summed E-state index contributed by atoms with van der Waals surface area (Å²) in [5, 5.41) is 16.9. The Morgan fingerprint density at radius 2 is 1.92 bits per heavy atom. The third kappa shape index (κ3) is 4.53. The molecule has 126 valence electrons. The Bertz CT molecular complexity index is 746. The number of nitro groups is 1. The lowest BCUT2D eigenvalue weighted by molar-refractivity contribution is -0.385. The molecule has 0 aromatic heterocycles. The van der Waals surface area contributed by atoms with Crippen LogP contribution in [0.25, 0.3) is 0 Å². The van der Waals surface area contributed by atoms with Crippen LogP contribution < -0.4 is 10.6 Å². The molecule has 7 nitrogen and oxygen atoms in total.